The molecule has 0 saturated carbocycles. The zero-order valence-corrected chi connectivity index (χ0v) is 10.5. The van der Waals surface area contributed by atoms with E-state index in [0.717, 1.165) is 5.56 Å². The highest BCUT2D eigenvalue weighted by atomic mass is 19.4. The van der Waals surface area contributed by atoms with Crippen LogP contribution in [0.25, 0.3) is 0 Å². The molecule has 0 amide bonds. The molecule has 2 rings (SSSR count). The number of nitrogens with zero attached hydrogens (tertiary/aromatic N) is 1. The standard InChI is InChI=1S/C12H15F3N2O2/c1-17(6-12(13,14)15)4-8-2-10(16)3-9-5-18-7-19-11(8)9/h2-3H,4-7,16H2,1H3. The summed E-state index contributed by atoms with van der Waals surface area (Å²) in [6, 6.07) is 3.35. The van der Waals surface area contributed by atoms with Gasteiger partial charge in [-0.05, 0) is 19.2 Å². The van der Waals surface area contributed by atoms with Gasteiger partial charge >= 0.3 is 6.18 Å². The number of halogens is 3. The minimum Gasteiger partial charge on any atom is -0.467 e. The van der Waals surface area contributed by atoms with Crippen LogP contribution < -0.4 is 10.5 Å². The summed E-state index contributed by atoms with van der Waals surface area (Å²) in [4.78, 5) is 1.17. The summed E-state index contributed by atoms with van der Waals surface area (Å²) >= 11 is 0. The van der Waals surface area contributed by atoms with Gasteiger partial charge in [-0.25, -0.2) is 0 Å². The lowest BCUT2D eigenvalue weighted by molar-refractivity contribution is -0.144. The second-order valence-corrected chi connectivity index (χ2v) is 4.57. The molecule has 0 bridgehead atoms. The quantitative estimate of drug-likeness (QED) is 0.859. The van der Waals surface area contributed by atoms with Crippen LogP contribution >= 0.6 is 0 Å². The Kier molecular flexibility index (Phi) is 3.86. The van der Waals surface area contributed by atoms with E-state index in [0.29, 0.717) is 23.6 Å². The van der Waals surface area contributed by atoms with E-state index in [9.17, 15) is 13.2 Å². The normalized spacial score (nSPS) is 15.2. The molecule has 7 heteroatoms. The van der Waals surface area contributed by atoms with Crippen molar-refractivity contribution in [2.45, 2.75) is 19.3 Å². The first-order chi connectivity index (χ1) is 8.85. The maximum Gasteiger partial charge on any atom is 0.401 e. The number of ether oxygens (including phenoxy) is 2. The Labute approximate surface area is 108 Å². The Morgan fingerprint density at radius 1 is 1.37 bits per heavy atom. The molecule has 106 valence electrons. The van der Waals surface area contributed by atoms with E-state index < -0.39 is 12.7 Å². The summed E-state index contributed by atoms with van der Waals surface area (Å²) < 4.78 is 47.4. The van der Waals surface area contributed by atoms with Gasteiger partial charge in [0.15, 0.2) is 6.79 Å². The van der Waals surface area contributed by atoms with Crippen LogP contribution in [0.3, 0.4) is 0 Å². The van der Waals surface area contributed by atoms with E-state index in [2.05, 4.69) is 0 Å². The molecular formula is C12H15F3N2O2. The number of benzene rings is 1. The number of rotatable bonds is 3. The average molecular weight is 276 g/mol. The first-order valence-electron chi connectivity index (χ1n) is 5.72. The Hall–Kier alpha value is -1.47. The largest absolute Gasteiger partial charge is 0.467 e. The van der Waals surface area contributed by atoms with Crippen LogP contribution in [0.2, 0.25) is 0 Å². The fraction of sp³-hybridized carbons (Fsp3) is 0.500. The lowest BCUT2D eigenvalue weighted by Crippen LogP contribution is -2.31. The van der Waals surface area contributed by atoms with E-state index in [1.807, 2.05) is 0 Å². The predicted octanol–water partition coefficient (Wildman–Crippen LogP) is 2.13. The second-order valence-electron chi connectivity index (χ2n) is 4.57. The maximum atomic E-state index is 12.3. The van der Waals surface area contributed by atoms with Crippen LogP contribution in [0.15, 0.2) is 12.1 Å². The number of fused-ring (bicyclic) bond motifs is 1. The van der Waals surface area contributed by atoms with Crippen molar-refractivity contribution in [2.75, 3.05) is 26.1 Å². The van der Waals surface area contributed by atoms with Crippen molar-refractivity contribution in [3.05, 3.63) is 23.3 Å². The van der Waals surface area contributed by atoms with Crippen LogP contribution in [0.1, 0.15) is 11.1 Å². The third-order valence-electron chi connectivity index (χ3n) is 2.70. The number of nitrogen functional groups attached to an aromatic ring is 1. The van der Waals surface area contributed by atoms with Gasteiger partial charge in [0.2, 0.25) is 0 Å². The molecule has 0 fully saturated rings. The van der Waals surface area contributed by atoms with E-state index in [1.165, 1.54) is 11.9 Å². The molecule has 0 atom stereocenters. The molecule has 19 heavy (non-hydrogen) atoms. The molecule has 0 radical (unpaired) electrons. The lowest BCUT2D eigenvalue weighted by Gasteiger charge is -2.24. The fourth-order valence-electron chi connectivity index (χ4n) is 2.10. The first-order valence-corrected chi connectivity index (χ1v) is 5.72. The van der Waals surface area contributed by atoms with Gasteiger partial charge in [-0.3, -0.25) is 4.90 Å². The third-order valence-corrected chi connectivity index (χ3v) is 2.70. The van der Waals surface area contributed by atoms with Crippen molar-refractivity contribution < 1.29 is 22.6 Å². The average Bonchev–Trinajstić information content (AvgIpc) is 2.25. The van der Waals surface area contributed by atoms with Crippen molar-refractivity contribution in [3.63, 3.8) is 0 Å². The molecule has 0 spiro atoms. The van der Waals surface area contributed by atoms with Crippen molar-refractivity contribution in [1.82, 2.24) is 4.90 Å². The number of nitrogens with two attached hydrogens (primary N) is 1. The number of hydrogen-bond donors (Lipinski definition) is 1. The summed E-state index contributed by atoms with van der Waals surface area (Å²) in [5.41, 5.74) is 7.63. The van der Waals surface area contributed by atoms with Crippen LogP contribution in [0.4, 0.5) is 18.9 Å². The van der Waals surface area contributed by atoms with Gasteiger partial charge < -0.3 is 15.2 Å². The summed E-state index contributed by atoms with van der Waals surface area (Å²) in [6.45, 7) is -0.400. The van der Waals surface area contributed by atoms with Gasteiger partial charge in [0.05, 0.1) is 13.2 Å². The first kappa shape index (κ1) is 14.0. The van der Waals surface area contributed by atoms with E-state index >= 15 is 0 Å². The van der Waals surface area contributed by atoms with Crippen LogP contribution in [-0.4, -0.2) is 31.5 Å². The molecule has 2 N–H and O–H groups in total. The van der Waals surface area contributed by atoms with Crippen LogP contribution in [0, 0.1) is 0 Å². The van der Waals surface area contributed by atoms with Crippen molar-refractivity contribution in [2.24, 2.45) is 0 Å². The topological polar surface area (TPSA) is 47.7 Å². The third kappa shape index (κ3) is 3.74. The smallest absolute Gasteiger partial charge is 0.401 e. The molecule has 1 aromatic rings. The lowest BCUT2D eigenvalue weighted by atomic mass is 10.1. The molecule has 1 aromatic carbocycles. The van der Waals surface area contributed by atoms with Gasteiger partial charge in [-0.1, -0.05) is 0 Å². The Balaban J connectivity index is 2.18. The maximum absolute atomic E-state index is 12.3. The summed E-state index contributed by atoms with van der Waals surface area (Å²) in [5, 5.41) is 0. The Morgan fingerprint density at radius 2 is 2.11 bits per heavy atom. The molecule has 1 aliphatic rings. The highest BCUT2D eigenvalue weighted by Crippen LogP contribution is 2.31. The minimum atomic E-state index is -4.22. The van der Waals surface area contributed by atoms with Gasteiger partial charge in [0.1, 0.15) is 5.75 Å². The summed E-state index contributed by atoms with van der Waals surface area (Å²) in [7, 11) is 1.41. The number of hydrogen-bond acceptors (Lipinski definition) is 4. The Morgan fingerprint density at radius 3 is 2.79 bits per heavy atom. The fourth-order valence-corrected chi connectivity index (χ4v) is 2.10. The van der Waals surface area contributed by atoms with Gasteiger partial charge in [0.25, 0.3) is 0 Å². The van der Waals surface area contributed by atoms with E-state index in [1.54, 1.807) is 12.1 Å². The summed E-state index contributed by atoms with van der Waals surface area (Å²) in [6.07, 6.45) is -4.22. The second kappa shape index (κ2) is 5.26. The number of anilines is 1. The van der Waals surface area contributed by atoms with Gasteiger partial charge in [-0.15, -0.1) is 0 Å². The van der Waals surface area contributed by atoms with E-state index in [-0.39, 0.29) is 13.3 Å². The molecule has 1 aliphatic heterocycles. The monoisotopic (exact) mass is 276 g/mol. The molecule has 0 unspecified atom stereocenters. The predicted molar refractivity (Wildman–Crippen MR) is 63.5 cm³/mol. The SMILES string of the molecule is CN(Cc1cc(N)cc2c1OCOC2)CC(F)(F)F. The number of alkyl halides is 3. The molecule has 0 saturated heterocycles. The Bertz CT molecular complexity index is 463. The highest BCUT2D eigenvalue weighted by Gasteiger charge is 2.29. The van der Waals surface area contributed by atoms with Crippen LogP contribution in [0.5, 0.6) is 5.75 Å². The van der Waals surface area contributed by atoms with Crippen LogP contribution in [-0.2, 0) is 17.9 Å². The molecule has 0 aliphatic carbocycles. The zero-order chi connectivity index (χ0) is 14.0. The summed E-state index contributed by atoms with van der Waals surface area (Å²) in [5.74, 6) is 0.578. The van der Waals surface area contributed by atoms with Crippen molar-refractivity contribution in [3.8, 4) is 5.75 Å². The van der Waals surface area contributed by atoms with Gasteiger partial charge in [-0.2, -0.15) is 13.2 Å². The van der Waals surface area contributed by atoms with E-state index in [4.69, 9.17) is 15.2 Å². The minimum absolute atomic E-state index is 0.104. The molecular weight excluding hydrogens is 261 g/mol. The zero-order valence-electron chi connectivity index (χ0n) is 10.5. The van der Waals surface area contributed by atoms with Crippen molar-refractivity contribution in [1.29, 1.82) is 0 Å². The van der Waals surface area contributed by atoms with Crippen molar-refractivity contribution >= 4 is 5.69 Å². The van der Waals surface area contributed by atoms with Gasteiger partial charge in [0, 0.05) is 23.4 Å². The molecule has 4 nitrogen and oxygen atoms in total. The highest BCUT2D eigenvalue weighted by molar-refractivity contribution is 5.53. The molecule has 1 heterocycles. The molecule has 0 aromatic heterocycles.